The lowest BCUT2D eigenvalue weighted by Gasteiger charge is -2.37. The highest BCUT2D eigenvalue weighted by Gasteiger charge is 2.61. The van der Waals surface area contributed by atoms with Gasteiger partial charge in [0, 0.05) is 6.42 Å². The fourth-order valence-electron chi connectivity index (χ4n) is 3.76. The molecule has 12 heteroatoms. The highest BCUT2D eigenvalue weighted by Crippen LogP contribution is 2.66. The molecule has 1 unspecified atom stereocenters. The molecule has 1 aliphatic carbocycles. The molecule has 0 radical (unpaired) electrons. The summed E-state index contributed by atoms with van der Waals surface area (Å²) in [5, 5.41) is 0. The fraction of sp³-hybridized carbons (Fsp3) is 0.714. The lowest BCUT2D eigenvalue weighted by Crippen LogP contribution is -2.39. The number of alkyl halides is 2. The van der Waals surface area contributed by atoms with E-state index in [0.29, 0.717) is 0 Å². The van der Waals surface area contributed by atoms with Gasteiger partial charge in [0.15, 0.2) is 0 Å². The van der Waals surface area contributed by atoms with E-state index in [-0.39, 0.29) is 31.0 Å². The van der Waals surface area contributed by atoms with Crippen molar-refractivity contribution in [1.29, 1.82) is 0 Å². The predicted molar refractivity (Wildman–Crippen MR) is 121 cm³/mol. The van der Waals surface area contributed by atoms with Crippen molar-refractivity contribution in [2.45, 2.75) is 64.8 Å². The smallest absolute Gasteiger partial charge is 0.400 e. The second kappa shape index (κ2) is 12.2. The third-order valence-corrected chi connectivity index (χ3v) is 12.6. The highest BCUT2D eigenvalue weighted by molar-refractivity contribution is 7.55. The molecule has 0 aromatic carbocycles. The number of halogens is 2. The zero-order valence-electron chi connectivity index (χ0n) is 20.4. The van der Waals surface area contributed by atoms with E-state index in [1.54, 1.807) is 0 Å². The number of hydrogen-bond donors (Lipinski definition) is 0. The first-order chi connectivity index (χ1) is 15.5. The van der Waals surface area contributed by atoms with Crippen LogP contribution >= 0.6 is 7.60 Å². The summed E-state index contributed by atoms with van der Waals surface area (Å²) in [4.78, 5) is 25.2. The average molecular weight is 513 g/mol. The molecule has 0 fully saturated rings. The summed E-state index contributed by atoms with van der Waals surface area (Å²) in [5.74, 6) is -4.20. The highest BCUT2D eigenvalue weighted by atomic mass is 31.2. The molecule has 0 amide bonds. The second-order valence-corrected chi connectivity index (χ2v) is 14.2. The number of rotatable bonds is 13. The summed E-state index contributed by atoms with van der Waals surface area (Å²) in [5.41, 5.74) is -5.19. The molecular formula is C21H35F2O8PSi. The number of allylic oxidation sites excluding steroid dienone is 2. The van der Waals surface area contributed by atoms with Crippen molar-refractivity contribution < 1.29 is 45.9 Å². The van der Waals surface area contributed by atoms with Gasteiger partial charge in [0.1, 0.15) is 0 Å². The van der Waals surface area contributed by atoms with Gasteiger partial charge in [-0.3, -0.25) is 4.57 Å². The Morgan fingerprint density at radius 1 is 1.00 bits per heavy atom. The molecule has 1 aliphatic rings. The van der Waals surface area contributed by atoms with Crippen LogP contribution in [-0.4, -0.2) is 53.4 Å². The quantitative estimate of drug-likeness (QED) is 0.184. The van der Waals surface area contributed by atoms with Crippen molar-refractivity contribution in [2.75, 3.05) is 27.4 Å². The SMILES string of the molecule is CCOP(=O)(OCC)C(F)(F)C1C=C(O[Si](CC)(CC)CC)CC(C(=O)OC)=C1C(=O)OC. The largest absolute Gasteiger partial charge is 0.546 e. The Kier molecular flexibility index (Phi) is 10.9. The van der Waals surface area contributed by atoms with E-state index in [0.717, 1.165) is 38.4 Å². The minimum atomic E-state index is -5.06. The number of methoxy groups -OCH3 is 2. The standard InChI is InChI=1S/C21H35F2O8PSi/c1-8-29-32(26,30-9-2)21(22,23)17-14-15(31-33(10-3,11-4)12-5)13-16(19(24)27-6)18(17)20(25)28-7/h14,17H,8-13H2,1-7H3. The summed E-state index contributed by atoms with van der Waals surface area (Å²) in [6.45, 7) is 8.05. The zero-order valence-corrected chi connectivity index (χ0v) is 22.3. The van der Waals surface area contributed by atoms with Crippen LogP contribution in [-0.2, 0) is 37.1 Å². The minimum Gasteiger partial charge on any atom is -0.546 e. The van der Waals surface area contributed by atoms with Gasteiger partial charge in [-0.1, -0.05) is 20.8 Å². The molecule has 190 valence electrons. The lowest BCUT2D eigenvalue weighted by atomic mass is 9.86. The van der Waals surface area contributed by atoms with Crippen LogP contribution in [0, 0.1) is 5.92 Å². The van der Waals surface area contributed by atoms with E-state index in [4.69, 9.17) is 22.9 Å². The second-order valence-electron chi connectivity index (χ2n) is 7.43. The average Bonchev–Trinajstić information content (AvgIpc) is 2.81. The Labute approximate surface area is 195 Å². The van der Waals surface area contributed by atoms with E-state index < -0.39 is 45.0 Å². The lowest BCUT2D eigenvalue weighted by molar-refractivity contribution is -0.140. The molecule has 0 spiro atoms. The molecule has 0 heterocycles. The Hall–Kier alpha value is -1.55. The van der Waals surface area contributed by atoms with Crippen molar-refractivity contribution in [3.8, 4) is 0 Å². The van der Waals surface area contributed by atoms with Gasteiger partial charge in [0.05, 0.1) is 50.3 Å². The van der Waals surface area contributed by atoms with Gasteiger partial charge in [-0.15, -0.1) is 0 Å². The molecule has 0 saturated carbocycles. The van der Waals surface area contributed by atoms with Gasteiger partial charge in [-0.2, -0.15) is 8.78 Å². The molecule has 0 aromatic rings. The zero-order chi connectivity index (χ0) is 25.4. The van der Waals surface area contributed by atoms with Gasteiger partial charge in [-0.25, -0.2) is 9.59 Å². The van der Waals surface area contributed by atoms with Gasteiger partial charge in [0.2, 0.25) is 8.32 Å². The van der Waals surface area contributed by atoms with Crippen molar-refractivity contribution in [2.24, 2.45) is 5.92 Å². The number of carbonyl (C=O) groups excluding carboxylic acids is 2. The van der Waals surface area contributed by atoms with E-state index in [9.17, 15) is 14.2 Å². The van der Waals surface area contributed by atoms with Gasteiger partial charge in [0.25, 0.3) is 0 Å². The molecule has 1 atom stereocenters. The molecule has 33 heavy (non-hydrogen) atoms. The summed E-state index contributed by atoms with van der Waals surface area (Å²) < 4.78 is 70.4. The van der Waals surface area contributed by atoms with E-state index >= 15 is 8.78 Å². The Bertz CT molecular complexity index is 805. The minimum absolute atomic E-state index is 0.101. The number of carbonyl (C=O) groups is 2. The van der Waals surface area contributed by atoms with Crippen molar-refractivity contribution in [3.63, 3.8) is 0 Å². The first-order valence-electron chi connectivity index (χ1n) is 11.0. The molecular weight excluding hydrogens is 477 g/mol. The molecule has 0 N–H and O–H groups in total. The van der Waals surface area contributed by atoms with Crippen LogP contribution in [0.2, 0.25) is 18.1 Å². The first-order valence-corrected chi connectivity index (χ1v) is 15.1. The number of ether oxygens (including phenoxy) is 2. The summed E-state index contributed by atoms with van der Waals surface area (Å²) in [6.07, 6.45) is 0.818. The van der Waals surface area contributed by atoms with Gasteiger partial charge >= 0.3 is 25.2 Å². The third kappa shape index (κ3) is 6.12. The van der Waals surface area contributed by atoms with Crippen LogP contribution in [0.4, 0.5) is 8.78 Å². The normalized spacial score (nSPS) is 17.5. The number of esters is 2. The van der Waals surface area contributed by atoms with Crippen LogP contribution < -0.4 is 0 Å². The Balaban J connectivity index is 3.82. The molecule has 0 aliphatic heterocycles. The maximum absolute atomic E-state index is 15.9. The van der Waals surface area contributed by atoms with Crippen molar-refractivity contribution in [1.82, 2.24) is 0 Å². The summed E-state index contributed by atoms with van der Waals surface area (Å²) in [6, 6.07) is 2.15. The number of hydrogen-bond acceptors (Lipinski definition) is 8. The van der Waals surface area contributed by atoms with Crippen LogP contribution in [0.15, 0.2) is 23.0 Å². The monoisotopic (exact) mass is 512 g/mol. The molecule has 8 nitrogen and oxygen atoms in total. The van der Waals surface area contributed by atoms with Crippen molar-refractivity contribution >= 4 is 27.9 Å². The van der Waals surface area contributed by atoms with E-state index in [1.165, 1.54) is 13.8 Å². The van der Waals surface area contributed by atoms with Crippen LogP contribution in [0.1, 0.15) is 41.0 Å². The Morgan fingerprint density at radius 2 is 1.48 bits per heavy atom. The van der Waals surface area contributed by atoms with E-state index in [2.05, 4.69) is 0 Å². The summed E-state index contributed by atoms with van der Waals surface area (Å²) in [7, 11) is -5.32. The maximum atomic E-state index is 15.9. The molecule has 0 aromatic heterocycles. The van der Waals surface area contributed by atoms with Gasteiger partial charge in [-0.05, 0) is 38.1 Å². The fourth-order valence-corrected chi connectivity index (χ4v) is 8.03. The molecule has 1 rings (SSSR count). The van der Waals surface area contributed by atoms with Gasteiger partial charge < -0.3 is 22.9 Å². The van der Waals surface area contributed by atoms with Crippen LogP contribution in [0.3, 0.4) is 0 Å². The van der Waals surface area contributed by atoms with Crippen LogP contribution in [0.25, 0.3) is 0 Å². The van der Waals surface area contributed by atoms with E-state index in [1.807, 2.05) is 20.8 Å². The molecule has 0 bridgehead atoms. The molecule has 0 saturated heterocycles. The van der Waals surface area contributed by atoms with Crippen molar-refractivity contribution in [3.05, 3.63) is 23.0 Å². The Morgan fingerprint density at radius 3 is 1.88 bits per heavy atom. The van der Waals surface area contributed by atoms with Crippen LogP contribution in [0.5, 0.6) is 0 Å². The summed E-state index contributed by atoms with van der Waals surface area (Å²) >= 11 is 0. The maximum Gasteiger partial charge on any atom is 0.400 e. The predicted octanol–water partition coefficient (Wildman–Crippen LogP) is 5.41. The third-order valence-electron chi connectivity index (χ3n) is 5.79. The topological polar surface area (TPSA) is 97.4 Å². The first kappa shape index (κ1) is 29.5.